The molecule has 1 aliphatic rings. The summed E-state index contributed by atoms with van der Waals surface area (Å²) >= 11 is 7.64. The van der Waals surface area contributed by atoms with Gasteiger partial charge in [0.05, 0.1) is 6.04 Å². The monoisotopic (exact) mass is 461 g/mol. The first-order chi connectivity index (χ1) is 15.6. The van der Waals surface area contributed by atoms with Crippen LogP contribution < -0.4 is 10.7 Å². The molecule has 2 atom stereocenters. The molecule has 0 spiro atoms. The fourth-order valence-corrected chi connectivity index (χ4v) is 4.94. The van der Waals surface area contributed by atoms with Crippen molar-refractivity contribution in [3.8, 4) is 11.4 Å². The molecule has 160 valence electrons. The van der Waals surface area contributed by atoms with Gasteiger partial charge in [-0.2, -0.15) is 0 Å². The van der Waals surface area contributed by atoms with Gasteiger partial charge in [0.25, 0.3) is 0 Å². The average molecular weight is 462 g/mol. The molecule has 4 aromatic rings. The molecular weight excluding hydrogens is 442 g/mol. The highest BCUT2D eigenvalue weighted by atomic mass is 35.5. The number of benzene rings is 3. The summed E-state index contributed by atoms with van der Waals surface area (Å²) in [5, 5.41) is 12.6. The minimum Gasteiger partial charge on any atom is -0.325 e. The molecule has 0 radical (unpaired) electrons. The largest absolute Gasteiger partial charge is 0.325 e. The zero-order chi connectivity index (χ0) is 22.1. The highest BCUT2D eigenvalue weighted by molar-refractivity contribution is 8.00. The van der Waals surface area contributed by atoms with Crippen LogP contribution in [0, 0.1) is 6.92 Å². The van der Waals surface area contributed by atoms with Crippen molar-refractivity contribution >= 4 is 35.0 Å². The molecule has 1 aromatic heterocycles. The Labute approximate surface area is 195 Å². The number of carbonyl (C=O) groups excluding carboxylic acids is 1. The predicted molar refractivity (Wildman–Crippen MR) is 128 cm³/mol. The fraction of sp³-hybridized carbons (Fsp3) is 0.125. The zero-order valence-corrected chi connectivity index (χ0v) is 18.8. The van der Waals surface area contributed by atoms with E-state index in [4.69, 9.17) is 11.6 Å². The van der Waals surface area contributed by atoms with E-state index in [2.05, 4.69) is 20.9 Å². The lowest BCUT2D eigenvalue weighted by Gasteiger charge is -2.33. The molecule has 0 aliphatic carbocycles. The number of amides is 1. The van der Waals surface area contributed by atoms with Gasteiger partial charge in [-0.25, -0.2) is 4.68 Å². The Morgan fingerprint density at radius 2 is 1.72 bits per heavy atom. The van der Waals surface area contributed by atoms with Crippen LogP contribution in [-0.4, -0.2) is 26.0 Å². The van der Waals surface area contributed by atoms with Crippen LogP contribution in [0.4, 0.5) is 5.69 Å². The molecule has 6 nitrogen and oxygen atoms in total. The first-order valence-electron chi connectivity index (χ1n) is 10.2. The highest BCUT2D eigenvalue weighted by Crippen LogP contribution is 2.39. The van der Waals surface area contributed by atoms with E-state index in [9.17, 15) is 4.79 Å². The summed E-state index contributed by atoms with van der Waals surface area (Å²) in [6, 6.07) is 25.0. The van der Waals surface area contributed by atoms with Gasteiger partial charge in [-0.05, 0) is 30.2 Å². The van der Waals surface area contributed by atoms with Crippen molar-refractivity contribution < 1.29 is 4.79 Å². The third-order valence-electron chi connectivity index (χ3n) is 5.41. The van der Waals surface area contributed by atoms with Crippen LogP contribution >= 0.6 is 23.4 Å². The maximum Gasteiger partial charge on any atom is 0.240 e. The Morgan fingerprint density at radius 3 is 2.47 bits per heavy atom. The van der Waals surface area contributed by atoms with Gasteiger partial charge in [0.15, 0.2) is 5.82 Å². The van der Waals surface area contributed by atoms with Gasteiger partial charge in [0.1, 0.15) is 5.25 Å². The van der Waals surface area contributed by atoms with Crippen LogP contribution in [-0.2, 0) is 4.79 Å². The van der Waals surface area contributed by atoms with Crippen LogP contribution in [0.3, 0.4) is 0 Å². The van der Waals surface area contributed by atoms with Crippen LogP contribution in [0.5, 0.6) is 0 Å². The summed E-state index contributed by atoms with van der Waals surface area (Å²) in [5.41, 5.74) is 6.97. The predicted octanol–water partition coefficient (Wildman–Crippen LogP) is 5.30. The number of thioether (sulfide) groups is 1. The van der Waals surface area contributed by atoms with E-state index < -0.39 is 5.25 Å². The van der Waals surface area contributed by atoms with Crippen molar-refractivity contribution in [1.82, 2.24) is 14.9 Å². The van der Waals surface area contributed by atoms with Crippen molar-refractivity contribution in [2.75, 3.05) is 10.7 Å². The van der Waals surface area contributed by atoms with E-state index >= 15 is 0 Å². The van der Waals surface area contributed by atoms with Gasteiger partial charge in [-0.1, -0.05) is 90.1 Å². The number of hydrogen-bond acceptors (Lipinski definition) is 5. The molecule has 2 heterocycles. The Hall–Kier alpha value is -3.29. The van der Waals surface area contributed by atoms with E-state index in [-0.39, 0.29) is 11.9 Å². The van der Waals surface area contributed by atoms with E-state index in [1.54, 1.807) is 0 Å². The number of halogens is 1. The van der Waals surface area contributed by atoms with Crippen molar-refractivity contribution in [1.29, 1.82) is 0 Å². The molecule has 5 rings (SSSR count). The molecule has 0 bridgehead atoms. The SMILES string of the molecule is Cc1c(Cl)cccc1NC(=O)[C@H]1Sc2nnc(-c3ccccc3)n2N[C@H]1c1ccccc1. The van der Waals surface area contributed by atoms with Crippen molar-refractivity contribution in [3.05, 3.63) is 95.0 Å². The smallest absolute Gasteiger partial charge is 0.240 e. The summed E-state index contributed by atoms with van der Waals surface area (Å²) in [5.74, 6) is 0.579. The second-order valence-corrected chi connectivity index (χ2v) is 8.98. The first-order valence-corrected chi connectivity index (χ1v) is 11.4. The van der Waals surface area contributed by atoms with Crippen molar-refractivity contribution in [3.63, 3.8) is 0 Å². The van der Waals surface area contributed by atoms with E-state index in [0.29, 0.717) is 21.7 Å². The molecular formula is C24H20ClN5OS. The van der Waals surface area contributed by atoms with Gasteiger partial charge in [-0.15, -0.1) is 10.2 Å². The quantitative estimate of drug-likeness (QED) is 0.431. The number of anilines is 1. The minimum atomic E-state index is -0.462. The number of hydrogen-bond donors (Lipinski definition) is 2. The summed E-state index contributed by atoms with van der Waals surface area (Å²) in [6.07, 6.45) is 0. The number of nitrogens with zero attached hydrogens (tertiary/aromatic N) is 3. The molecule has 0 saturated carbocycles. The normalized spacial score (nSPS) is 17.3. The van der Waals surface area contributed by atoms with Crippen molar-refractivity contribution in [2.45, 2.75) is 23.4 Å². The lowest BCUT2D eigenvalue weighted by Crippen LogP contribution is -2.41. The first kappa shape index (κ1) is 20.6. The summed E-state index contributed by atoms with van der Waals surface area (Å²) < 4.78 is 1.87. The number of aromatic nitrogens is 3. The molecule has 0 saturated heterocycles. The Bertz CT molecular complexity index is 1260. The molecule has 32 heavy (non-hydrogen) atoms. The van der Waals surface area contributed by atoms with Gasteiger partial charge < -0.3 is 10.7 Å². The zero-order valence-electron chi connectivity index (χ0n) is 17.2. The third-order valence-corrected chi connectivity index (χ3v) is 7.04. The number of carbonyl (C=O) groups is 1. The average Bonchev–Trinajstić information content (AvgIpc) is 3.25. The summed E-state index contributed by atoms with van der Waals surface area (Å²) in [7, 11) is 0. The minimum absolute atomic E-state index is 0.128. The van der Waals surface area contributed by atoms with Gasteiger partial charge in [-0.3, -0.25) is 4.79 Å². The van der Waals surface area contributed by atoms with E-state index in [1.807, 2.05) is 90.5 Å². The van der Waals surface area contributed by atoms with Crippen LogP contribution in [0.1, 0.15) is 17.2 Å². The molecule has 0 unspecified atom stereocenters. The fourth-order valence-electron chi connectivity index (χ4n) is 3.69. The molecule has 1 amide bonds. The van der Waals surface area contributed by atoms with Gasteiger partial charge in [0.2, 0.25) is 11.1 Å². The van der Waals surface area contributed by atoms with Crippen LogP contribution in [0.15, 0.2) is 84.0 Å². The van der Waals surface area contributed by atoms with Crippen molar-refractivity contribution in [2.24, 2.45) is 0 Å². The topological polar surface area (TPSA) is 71.8 Å². The lowest BCUT2D eigenvalue weighted by atomic mass is 10.0. The highest BCUT2D eigenvalue weighted by Gasteiger charge is 2.38. The molecule has 2 N–H and O–H groups in total. The third kappa shape index (κ3) is 3.85. The van der Waals surface area contributed by atoms with Gasteiger partial charge >= 0.3 is 0 Å². The Kier molecular flexibility index (Phi) is 5.59. The van der Waals surface area contributed by atoms with Crippen LogP contribution in [0.25, 0.3) is 11.4 Å². The Balaban J connectivity index is 1.51. The molecule has 1 aliphatic heterocycles. The molecule has 3 aromatic carbocycles. The van der Waals surface area contributed by atoms with Crippen LogP contribution in [0.2, 0.25) is 5.02 Å². The molecule has 8 heteroatoms. The second-order valence-electron chi connectivity index (χ2n) is 7.47. The second kappa shape index (κ2) is 8.68. The summed E-state index contributed by atoms with van der Waals surface area (Å²) in [6.45, 7) is 1.89. The summed E-state index contributed by atoms with van der Waals surface area (Å²) in [4.78, 5) is 13.4. The molecule has 0 fully saturated rings. The number of nitrogens with one attached hydrogen (secondary N) is 2. The number of fused-ring (bicyclic) bond motifs is 1. The standard InChI is InChI=1S/C24H20ClN5OS/c1-15-18(25)13-8-14-19(15)26-23(31)21-20(16-9-4-2-5-10-16)29-30-22(27-28-24(30)32-21)17-11-6-3-7-12-17/h2-14,20-21,29H,1H3,(H,26,31)/t20-,21-/m0/s1. The van der Waals surface area contributed by atoms with E-state index in [1.165, 1.54) is 11.8 Å². The van der Waals surface area contributed by atoms with Gasteiger partial charge in [0, 0.05) is 16.3 Å². The van der Waals surface area contributed by atoms with E-state index in [0.717, 1.165) is 16.7 Å². The maximum atomic E-state index is 13.4. The number of rotatable bonds is 4. The maximum absolute atomic E-state index is 13.4. The Morgan fingerprint density at radius 1 is 1.00 bits per heavy atom. The lowest BCUT2D eigenvalue weighted by molar-refractivity contribution is -0.116.